The van der Waals surface area contributed by atoms with Crippen molar-refractivity contribution in [3.05, 3.63) is 106 Å². The van der Waals surface area contributed by atoms with Crippen LogP contribution in [0.25, 0.3) is 21.8 Å². The van der Waals surface area contributed by atoms with E-state index in [4.69, 9.17) is 14.5 Å². The molecule has 3 aromatic carbocycles. The second kappa shape index (κ2) is 12.1. The monoisotopic (exact) mass is 590 g/mol. The molecule has 0 saturated heterocycles. The van der Waals surface area contributed by atoms with Crippen molar-refractivity contribution < 1.29 is 17.8 Å². The molecule has 0 radical (unpaired) electrons. The maximum atomic E-state index is 11.3. The Morgan fingerprint density at radius 2 is 1.55 bits per heavy atom. The zero-order valence-corrected chi connectivity index (χ0v) is 23.9. The Morgan fingerprint density at radius 3 is 2.23 bits per heavy atom. The van der Waals surface area contributed by atoms with E-state index in [2.05, 4.69) is 15.4 Å². The zero-order chi connectivity index (χ0) is 28.1. The van der Waals surface area contributed by atoms with Crippen molar-refractivity contribution in [1.29, 1.82) is 0 Å². The lowest BCUT2D eigenvalue weighted by Crippen LogP contribution is -2.10. The molecule has 204 valence electrons. The average Bonchev–Trinajstić information content (AvgIpc) is 3.60. The summed E-state index contributed by atoms with van der Waals surface area (Å²) in [6, 6.07) is 24.6. The van der Waals surface area contributed by atoms with Crippen LogP contribution in [0.4, 0.5) is 11.4 Å². The van der Waals surface area contributed by atoms with E-state index in [0.717, 1.165) is 43.8 Å². The molecule has 0 fully saturated rings. The molecule has 1 amide bonds. The van der Waals surface area contributed by atoms with Gasteiger partial charge in [-0.2, -0.15) is 8.42 Å². The number of amides is 1. The third-order valence-corrected chi connectivity index (χ3v) is 8.39. The number of hydrogen-bond acceptors (Lipinski definition) is 7. The van der Waals surface area contributed by atoms with Gasteiger partial charge in [-0.05, 0) is 36.2 Å². The summed E-state index contributed by atoms with van der Waals surface area (Å²) >= 11 is 3.20. The Morgan fingerprint density at radius 1 is 0.850 bits per heavy atom. The summed E-state index contributed by atoms with van der Waals surface area (Å²) in [5, 5.41) is 8.83. The molecular formula is C29H26N4O4S3. The average molecular weight is 591 g/mol. The summed E-state index contributed by atoms with van der Waals surface area (Å²) in [5.74, 6) is -0.0771. The topological polar surface area (TPSA) is 121 Å². The Balaban J connectivity index is 1.38. The van der Waals surface area contributed by atoms with Gasteiger partial charge in [-0.25, -0.2) is 9.97 Å². The first kappa shape index (κ1) is 27.7. The van der Waals surface area contributed by atoms with Gasteiger partial charge < -0.3 is 5.32 Å². The van der Waals surface area contributed by atoms with Crippen LogP contribution in [0.3, 0.4) is 0 Å². The van der Waals surface area contributed by atoms with Crippen molar-refractivity contribution in [2.45, 2.75) is 25.7 Å². The Hall–Kier alpha value is -3.90. The molecule has 1 unspecified atom stereocenters. The van der Waals surface area contributed by atoms with Crippen molar-refractivity contribution >= 4 is 50.3 Å². The SMILES string of the molecule is CC(=O)Nc1ccc(-c2csc(CC(Cc3ccc(NS(=O)(=O)O)cc3)c3csc(-c4ccccc4)n3)n2)cc1. The first-order chi connectivity index (χ1) is 19.2. The summed E-state index contributed by atoms with van der Waals surface area (Å²) in [5.41, 5.74) is 5.91. The first-order valence-electron chi connectivity index (χ1n) is 12.4. The molecule has 0 saturated carbocycles. The zero-order valence-electron chi connectivity index (χ0n) is 21.4. The summed E-state index contributed by atoms with van der Waals surface area (Å²) in [4.78, 5) is 21.2. The molecule has 1 atom stereocenters. The third-order valence-electron chi connectivity index (χ3n) is 6.12. The molecule has 40 heavy (non-hydrogen) atoms. The van der Waals surface area contributed by atoms with Gasteiger partial charge in [0.05, 0.1) is 22.1 Å². The number of hydrogen-bond donors (Lipinski definition) is 3. The van der Waals surface area contributed by atoms with Gasteiger partial charge in [-0.1, -0.05) is 54.6 Å². The quantitative estimate of drug-likeness (QED) is 0.156. The van der Waals surface area contributed by atoms with Crippen molar-refractivity contribution in [3.63, 3.8) is 0 Å². The van der Waals surface area contributed by atoms with Gasteiger partial charge in [0.15, 0.2) is 0 Å². The number of carbonyl (C=O) groups excluding carboxylic acids is 1. The molecule has 0 aliphatic carbocycles. The summed E-state index contributed by atoms with van der Waals surface area (Å²) in [6.45, 7) is 1.48. The Labute approximate surface area is 240 Å². The number of benzene rings is 3. The van der Waals surface area contributed by atoms with E-state index in [1.165, 1.54) is 6.92 Å². The second-order valence-electron chi connectivity index (χ2n) is 9.21. The van der Waals surface area contributed by atoms with Crippen molar-refractivity contribution in [3.8, 4) is 21.8 Å². The maximum absolute atomic E-state index is 11.3. The molecule has 5 aromatic rings. The number of nitrogens with zero attached hydrogens (tertiary/aromatic N) is 2. The third kappa shape index (κ3) is 7.39. The lowest BCUT2D eigenvalue weighted by molar-refractivity contribution is -0.114. The van der Waals surface area contributed by atoms with Crippen LogP contribution in [0.15, 0.2) is 89.6 Å². The Kier molecular flexibility index (Phi) is 8.36. The molecule has 0 aliphatic rings. The standard InChI is InChI=1S/C29H26N4O4S3/c1-19(34)30-24-13-9-21(10-14-24)26-17-38-28(31-26)16-23(15-20-7-11-25(12-8-20)33-40(35,36)37)27-18-39-29(32-27)22-5-3-2-4-6-22/h2-14,17-18,23,33H,15-16H2,1H3,(H,30,34)(H,35,36,37). The molecule has 0 bridgehead atoms. The van der Waals surface area contributed by atoms with E-state index >= 15 is 0 Å². The fourth-order valence-electron chi connectivity index (χ4n) is 4.29. The summed E-state index contributed by atoms with van der Waals surface area (Å²) < 4.78 is 33.4. The highest BCUT2D eigenvalue weighted by Crippen LogP contribution is 2.33. The normalized spacial score (nSPS) is 12.2. The highest BCUT2D eigenvalue weighted by atomic mass is 32.2. The van der Waals surface area contributed by atoms with Crippen LogP contribution in [-0.4, -0.2) is 28.8 Å². The number of anilines is 2. The van der Waals surface area contributed by atoms with Crippen molar-refractivity contribution in [2.75, 3.05) is 10.0 Å². The first-order valence-corrected chi connectivity index (χ1v) is 15.6. The van der Waals surface area contributed by atoms with Gasteiger partial charge in [-0.3, -0.25) is 14.1 Å². The summed E-state index contributed by atoms with van der Waals surface area (Å²) in [7, 11) is -4.33. The van der Waals surface area contributed by atoms with Crippen LogP contribution in [-0.2, 0) is 27.9 Å². The van der Waals surface area contributed by atoms with Crippen LogP contribution in [0.2, 0.25) is 0 Å². The molecule has 2 aromatic heterocycles. The molecule has 0 spiro atoms. The minimum atomic E-state index is -4.33. The smallest absolute Gasteiger partial charge is 0.326 e. The van der Waals surface area contributed by atoms with E-state index in [9.17, 15) is 13.2 Å². The molecule has 2 heterocycles. The molecular weight excluding hydrogens is 565 g/mol. The van der Waals surface area contributed by atoms with E-state index in [-0.39, 0.29) is 17.5 Å². The number of rotatable bonds is 10. The van der Waals surface area contributed by atoms with Crippen LogP contribution in [0, 0.1) is 0 Å². The second-order valence-corrected chi connectivity index (χ2v) is 12.2. The number of nitrogens with one attached hydrogen (secondary N) is 2. The highest BCUT2D eigenvalue weighted by molar-refractivity contribution is 7.87. The molecule has 0 aliphatic heterocycles. The van der Waals surface area contributed by atoms with Gasteiger partial charge in [0.25, 0.3) is 0 Å². The van der Waals surface area contributed by atoms with E-state index in [1.54, 1.807) is 34.8 Å². The van der Waals surface area contributed by atoms with Gasteiger partial charge in [0, 0.05) is 46.8 Å². The van der Waals surface area contributed by atoms with Gasteiger partial charge in [-0.15, -0.1) is 22.7 Å². The lowest BCUT2D eigenvalue weighted by atomic mass is 9.93. The van der Waals surface area contributed by atoms with E-state index < -0.39 is 10.3 Å². The molecule has 11 heteroatoms. The highest BCUT2D eigenvalue weighted by Gasteiger charge is 2.20. The number of aromatic nitrogens is 2. The molecule has 8 nitrogen and oxygen atoms in total. The Bertz CT molecular complexity index is 1700. The number of carbonyl (C=O) groups is 1. The van der Waals surface area contributed by atoms with Crippen LogP contribution < -0.4 is 10.0 Å². The minimum absolute atomic E-state index is 0.0373. The van der Waals surface area contributed by atoms with Gasteiger partial charge in [0.1, 0.15) is 5.01 Å². The minimum Gasteiger partial charge on any atom is -0.326 e. The van der Waals surface area contributed by atoms with Crippen LogP contribution >= 0.6 is 22.7 Å². The van der Waals surface area contributed by atoms with Crippen LogP contribution in [0.1, 0.15) is 29.1 Å². The van der Waals surface area contributed by atoms with Crippen molar-refractivity contribution in [2.24, 2.45) is 0 Å². The molecule has 5 rings (SSSR count). The molecule has 3 N–H and O–H groups in total. The fourth-order valence-corrected chi connectivity index (χ4v) is 6.51. The van der Waals surface area contributed by atoms with Crippen LogP contribution in [0.5, 0.6) is 0 Å². The van der Waals surface area contributed by atoms with E-state index in [0.29, 0.717) is 12.8 Å². The predicted molar refractivity (Wildman–Crippen MR) is 161 cm³/mol. The fraction of sp³-hybridized carbons (Fsp3) is 0.138. The van der Waals surface area contributed by atoms with Crippen molar-refractivity contribution in [1.82, 2.24) is 9.97 Å². The number of thiazole rings is 2. The van der Waals surface area contributed by atoms with E-state index in [1.807, 2.05) is 72.1 Å². The predicted octanol–water partition coefficient (Wildman–Crippen LogP) is 6.68. The maximum Gasteiger partial charge on any atom is 0.357 e. The van der Waals surface area contributed by atoms with Gasteiger partial charge in [0.2, 0.25) is 5.91 Å². The van der Waals surface area contributed by atoms with Gasteiger partial charge >= 0.3 is 10.3 Å². The lowest BCUT2D eigenvalue weighted by Gasteiger charge is -2.14. The summed E-state index contributed by atoms with van der Waals surface area (Å²) in [6.07, 6.45) is 1.35. The largest absolute Gasteiger partial charge is 0.357 e.